The Balaban J connectivity index is 1.48. The molecule has 1 aromatic rings. The highest BCUT2D eigenvalue weighted by atomic mass is 16.5. The molecule has 0 bridgehead atoms. The molecule has 0 aromatic carbocycles. The maximum atomic E-state index is 12.7. The van der Waals surface area contributed by atoms with E-state index in [4.69, 9.17) is 9.72 Å². The summed E-state index contributed by atoms with van der Waals surface area (Å²) in [5, 5.41) is 0. The molecule has 0 radical (unpaired) electrons. The first-order valence-electron chi connectivity index (χ1n) is 10.2. The number of piperidine rings is 1. The van der Waals surface area contributed by atoms with Gasteiger partial charge in [0.2, 0.25) is 5.91 Å². The lowest BCUT2D eigenvalue weighted by Crippen LogP contribution is -2.44. The summed E-state index contributed by atoms with van der Waals surface area (Å²) >= 11 is 0. The second-order valence-electron chi connectivity index (χ2n) is 7.79. The van der Waals surface area contributed by atoms with Crippen molar-refractivity contribution in [1.82, 2.24) is 19.8 Å². The molecule has 146 valence electrons. The Morgan fingerprint density at radius 2 is 2.00 bits per heavy atom. The van der Waals surface area contributed by atoms with Gasteiger partial charge < -0.3 is 14.5 Å². The monoisotopic (exact) mass is 372 g/mol. The number of carbonyl (C=O) groups excluding carboxylic acids is 2. The fourth-order valence-corrected chi connectivity index (χ4v) is 4.40. The molecular weight excluding hydrogens is 344 g/mol. The lowest BCUT2D eigenvalue weighted by atomic mass is 10.00. The second kappa shape index (κ2) is 7.92. The van der Waals surface area contributed by atoms with Crippen LogP contribution in [0.1, 0.15) is 68.6 Å². The molecule has 2 fully saturated rings. The topological polar surface area (TPSA) is 75.6 Å². The van der Waals surface area contributed by atoms with Gasteiger partial charge in [0.1, 0.15) is 6.10 Å². The number of carbonyl (C=O) groups is 2. The van der Waals surface area contributed by atoms with Crippen molar-refractivity contribution >= 4 is 11.8 Å². The number of aromatic nitrogens is 2. The third kappa shape index (κ3) is 3.83. The molecule has 0 spiro atoms. The fraction of sp³-hybridized carbons (Fsp3) is 0.700. The first-order chi connectivity index (χ1) is 13.1. The van der Waals surface area contributed by atoms with Gasteiger partial charge in [-0.1, -0.05) is 0 Å². The van der Waals surface area contributed by atoms with Gasteiger partial charge >= 0.3 is 0 Å². The van der Waals surface area contributed by atoms with Crippen LogP contribution in [0.2, 0.25) is 0 Å². The maximum Gasteiger partial charge on any atom is 0.252 e. The number of hydrogen-bond donors (Lipinski definition) is 0. The van der Waals surface area contributed by atoms with E-state index in [2.05, 4.69) is 4.98 Å². The highest BCUT2D eigenvalue weighted by Gasteiger charge is 2.32. The van der Waals surface area contributed by atoms with Crippen molar-refractivity contribution in [3.05, 3.63) is 23.3 Å². The van der Waals surface area contributed by atoms with Crippen molar-refractivity contribution < 1.29 is 14.3 Å². The van der Waals surface area contributed by atoms with Crippen molar-refractivity contribution in [1.29, 1.82) is 0 Å². The summed E-state index contributed by atoms with van der Waals surface area (Å²) in [5.41, 5.74) is 2.03. The van der Waals surface area contributed by atoms with E-state index in [9.17, 15) is 9.59 Å². The quantitative estimate of drug-likeness (QED) is 0.794. The molecule has 27 heavy (non-hydrogen) atoms. The molecule has 0 saturated carbocycles. The largest absolute Gasteiger partial charge is 0.368 e. The van der Waals surface area contributed by atoms with Crippen LogP contribution in [0.4, 0.5) is 0 Å². The molecule has 3 aliphatic rings. The van der Waals surface area contributed by atoms with Gasteiger partial charge in [-0.2, -0.15) is 0 Å². The zero-order chi connectivity index (χ0) is 18.8. The summed E-state index contributed by atoms with van der Waals surface area (Å²) in [7, 11) is 0. The molecule has 0 unspecified atom stereocenters. The van der Waals surface area contributed by atoms with Crippen LogP contribution in [-0.2, 0) is 27.3 Å². The minimum Gasteiger partial charge on any atom is -0.368 e. The second-order valence-corrected chi connectivity index (χ2v) is 7.79. The van der Waals surface area contributed by atoms with E-state index in [-0.39, 0.29) is 24.0 Å². The summed E-state index contributed by atoms with van der Waals surface area (Å²) < 4.78 is 5.65. The van der Waals surface area contributed by atoms with E-state index in [1.165, 1.54) is 0 Å². The number of nitrogens with zero attached hydrogens (tertiary/aromatic N) is 4. The predicted octanol–water partition coefficient (Wildman–Crippen LogP) is 2.00. The Bertz CT molecular complexity index is 717. The Morgan fingerprint density at radius 3 is 2.78 bits per heavy atom. The van der Waals surface area contributed by atoms with Crippen LogP contribution in [0.25, 0.3) is 0 Å². The molecule has 2 saturated heterocycles. The number of amides is 2. The number of fused-ring (bicyclic) bond motifs is 1. The minimum absolute atomic E-state index is 0.0168. The first-order valence-corrected chi connectivity index (χ1v) is 10.2. The van der Waals surface area contributed by atoms with Gasteiger partial charge in [-0.15, -0.1) is 0 Å². The zero-order valence-corrected chi connectivity index (χ0v) is 16.0. The van der Waals surface area contributed by atoms with Crippen LogP contribution in [0.15, 0.2) is 6.20 Å². The van der Waals surface area contributed by atoms with Crippen molar-refractivity contribution in [2.45, 2.75) is 70.6 Å². The highest BCUT2D eigenvalue weighted by Crippen LogP contribution is 2.30. The number of ether oxygens (including phenoxy) is 1. The SMILES string of the molecule is CC(=O)N1CCCC[C@H]1c1ncc2c(n1)CCN(C(=O)[C@H]1CCCCO1)C2. The Labute approximate surface area is 160 Å². The Hall–Kier alpha value is -2.02. The summed E-state index contributed by atoms with van der Waals surface area (Å²) in [5.74, 6) is 0.934. The van der Waals surface area contributed by atoms with Gasteiger partial charge in [-0.3, -0.25) is 9.59 Å². The molecule has 0 N–H and O–H groups in total. The van der Waals surface area contributed by atoms with E-state index in [0.717, 1.165) is 68.6 Å². The van der Waals surface area contributed by atoms with E-state index in [0.29, 0.717) is 19.7 Å². The van der Waals surface area contributed by atoms with Crippen LogP contribution in [0.5, 0.6) is 0 Å². The van der Waals surface area contributed by atoms with E-state index in [1.807, 2.05) is 16.0 Å². The molecule has 3 aliphatic heterocycles. The molecule has 4 rings (SSSR count). The summed E-state index contributed by atoms with van der Waals surface area (Å²) in [4.78, 5) is 37.8. The standard InChI is InChI=1S/C20H28N4O3/c1-14(25)24-9-4-2-6-17(24)19-21-12-15-13-23(10-8-16(15)22-19)20(26)18-7-3-5-11-27-18/h12,17-18H,2-11,13H2,1H3/t17-,18+/m0/s1. The van der Waals surface area contributed by atoms with Gasteiger partial charge in [0.25, 0.3) is 5.91 Å². The molecule has 4 heterocycles. The lowest BCUT2D eigenvalue weighted by molar-refractivity contribution is -0.147. The predicted molar refractivity (Wildman–Crippen MR) is 98.7 cm³/mol. The zero-order valence-electron chi connectivity index (χ0n) is 16.0. The van der Waals surface area contributed by atoms with Gasteiger partial charge in [0.15, 0.2) is 5.82 Å². The summed E-state index contributed by atoms with van der Waals surface area (Å²) in [6.45, 7) is 4.30. The van der Waals surface area contributed by atoms with Gasteiger partial charge in [0, 0.05) is 51.3 Å². The van der Waals surface area contributed by atoms with E-state index in [1.54, 1.807) is 6.92 Å². The van der Waals surface area contributed by atoms with Crippen LogP contribution >= 0.6 is 0 Å². The average molecular weight is 372 g/mol. The summed E-state index contributed by atoms with van der Waals surface area (Å²) in [6.07, 6.45) is 8.28. The Morgan fingerprint density at radius 1 is 1.15 bits per heavy atom. The van der Waals surface area contributed by atoms with Gasteiger partial charge in [-0.25, -0.2) is 9.97 Å². The van der Waals surface area contributed by atoms with Crippen LogP contribution in [-0.4, -0.2) is 57.4 Å². The maximum absolute atomic E-state index is 12.7. The number of hydrogen-bond acceptors (Lipinski definition) is 5. The van der Waals surface area contributed by atoms with Crippen molar-refractivity contribution in [3.63, 3.8) is 0 Å². The Kier molecular flexibility index (Phi) is 5.38. The third-order valence-corrected chi connectivity index (χ3v) is 5.92. The normalized spacial score (nSPS) is 25.8. The molecule has 7 nitrogen and oxygen atoms in total. The molecular formula is C20H28N4O3. The summed E-state index contributed by atoms with van der Waals surface area (Å²) in [6, 6.07) is -0.0168. The lowest BCUT2D eigenvalue weighted by Gasteiger charge is -2.35. The smallest absolute Gasteiger partial charge is 0.252 e. The fourth-order valence-electron chi connectivity index (χ4n) is 4.40. The van der Waals surface area contributed by atoms with E-state index < -0.39 is 0 Å². The molecule has 2 amide bonds. The molecule has 0 aliphatic carbocycles. The number of rotatable bonds is 2. The highest BCUT2D eigenvalue weighted by molar-refractivity contribution is 5.81. The van der Waals surface area contributed by atoms with E-state index >= 15 is 0 Å². The first kappa shape index (κ1) is 18.3. The van der Waals surface area contributed by atoms with Crippen molar-refractivity contribution in [2.75, 3.05) is 19.7 Å². The van der Waals surface area contributed by atoms with Crippen molar-refractivity contribution in [3.8, 4) is 0 Å². The molecule has 2 atom stereocenters. The molecule has 7 heteroatoms. The third-order valence-electron chi connectivity index (χ3n) is 5.92. The van der Waals surface area contributed by atoms with Crippen molar-refractivity contribution in [2.24, 2.45) is 0 Å². The van der Waals surface area contributed by atoms with Gasteiger partial charge in [0.05, 0.1) is 11.7 Å². The molecule has 1 aromatic heterocycles. The average Bonchev–Trinajstić information content (AvgIpc) is 2.73. The number of likely N-dealkylation sites (tertiary alicyclic amines) is 1. The van der Waals surface area contributed by atoms with Crippen LogP contribution < -0.4 is 0 Å². The van der Waals surface area contributed by atoms with Gasteiger partial charge in [-0.05, 0) is 38.5 Å². The minimum atomic E-state index is -0.285. The van der Waals surface area contributed by atoms with Crippen LogP contribution in [0, 0.1) is 0 Å². The van der Waals surface area contributed by atoms with Crippen LogP contribution in [0.3, 0.4) is 0 Å².